The number of hydrogen-bond donors (Lipinski definition) is 0. The van der Waals surface area contributed by atoms with Crippen molar-refractivity contribution in [3.63, 3.8) is 0 Å². The summed E-state index contributed by atoms with van der Waals surface area (Å²) in [6, 6.07) is 19.8. The van der Waals surface area contributed by atoms with Gasteiger partial charge in [0.05, 0.1) is 5.52 Å². The molecule has 3 heterocycles. The number of benzene rings is 2. The van der Waals surface area contributed by atoms with Gasteiger partial charge in [0.15, 0.2) is 5.82 Å². The van der Waals surface area contributed by atoms with Crippen LogP contribution in [0.5, 0.6) is 0 Å². The molecule has 5 heteroatoms. The zero-order valence-electron chi connectivity index (χ0n) is 19.3. The number of aryl methyl sites for hydroxylation is 1. The highest BCUT2D eigenvalue weighted by Crippen LogP contribution is 2.34. The van der Waals surface area contributed by atoms with Crippen molar-refractivity contribution in [1.29, 1.82) is 0 Å². The Hall–Kier alpha value is -2.85. The SMILES string of the molecule is Cc1c(C)n(Cc2ccc(F)cc2)c2c(N3CCC(Cc4ccccc4)CC3)nccc12.Cl. The van der Waals surface area contributed by atoms with Gasteiger partial charge in [-0.25, -0.2) is 9.37 Å². The molecule has 172 valence electrons. The maximum absolute atomic E-state index is 13.4. The Bertz CT molecular complexity index is 1210. The standard InChI is InChI=1S/C28H30FN3.ClH/c1-20-21(2)32(19-24-8-10-25(29)11-9-24)27-26(20)12-15-30-28(27)31-16-13-23(14-17-31)18-22-6-4-3-5-7-22;/h3-12,15,23H,13-14,16-19H2,1-2H3;1H. The molecule has 2 aromatic heterocycles. The molecular formula is C28H31ClFN3. The first-order valence-electron chi connectivity index (χ1n) is 11.6. The Balaban J connectivity index is 0.00000259. The lowest BCUT2D eigenvalue weighted by Crippen LogP contribution is -2.35. The first-order valence-corrected chi connectivity index (χ1v) is 11.6. The second-order valence-corrected chi connectivity index (χ2v) is 9.07. The third-order valence-electron chi connectivity index (χ3n) is 7.06. The van der Waals surface area contributed by atoms with Gasteiger partial charge >= 0.3 is 0 Å². The van der Waals surface area contributed by atoms with Crippen LogP contribution in [-0.2, 0) is 13.0 Å². The van der Waals surface area contributed by atoms with Crippen LogP contribution < -0.4 is 4.90 Å². The highest BCUT2D eigenvalue weighted by molar-refractivity contribution is 5.93. The maximum Gasteiger partial charge on any atom is 0.153 e. The van der Waals surface area contributed by atoms with E-state index >= 15 is 0 Å². The Labute approximate surface area is 201 Å². The molecule has 1 saturated heterocycles. The number of aromatic nitrogens is 2. The van der Waals surface area contributed by atoms with Crippen LogP contribution in [-0.4, -0.2) is 22.6 Å². The molecule has 0 radical (unpaired) electrons. The van der Waals surface area contributed by atoms with Crippen molar-refractivity contribution in [1.82, 2.24) is 9.55 Å². The van der Waals surface area contributed by atoms with Crippen molar-refractivity contribution in [2.75, 3.05) is 18.0 Å². The third kappa shape index (κ3) is 4.77. The molecule has 0 N–H and O–H groups in total. The van der Waals surface area contributed by atoms with Gasteiger partial charge in [0, 0.05) is 36.9 Å². The fourth-order valence-electron chi connectivity index (χ4n) is 5.07. The number of rotatable bonds is 5. The lowest BCUT2D eigenvalue weighted by Gasteiger charge is -2.33. The van der Waals surface area contributed by atoms with Gasteiger partial charge in [-0.3, -0.25) is 0 Å². The zero-order chi connectivity index (χ0) is 22.1. The summed E-state index contributed by atoms with van der Waals surface area (Å²) in [7, 11) is 0. The second-order valence-electron chi connectivity index (χ2n) is 9.07. The van der Waals surface area contributed by atoms with E-state index in [4.69, 9.17) is 4.98 Å². The van der Waals surface area contributed by atoms with Crippen LogP contribution >= 0.6 is 12.4 Å². The summed E-state index contributed by atoms with van der Waals surface area (Å²) in [6.07, 6.45) is 5.47. The van der Waals surface area contributed by atoms with E-state index in [1.807, 2.05) is 18.3 Å². The Kier molecular flexibility index (Phi) is 7.04. The lowest BCUT2D eigenvalue weighted by molar-refractivity contribution is 0.402. The molecular weight excluding hydrogens is 433 g/mol. The number of piperidine rings is 1. The normalized spacial score (nSPS) is 14.5. The van der Waals surface area contributed by atoms with Gasteiger partial charge in [-0.15, -0.1) is 12.4 Å². The van der Waals surface area contributed by atoms with E-state index in [-0.39, 0.29) is 18.2 Å². The topological polar surface area (TPSA) is 21.1 Å². The number of pyridine rings is 1. The third-order valence-corrected chi connectivity index (χ3v) is 7.06. The molecule has 0 bridgehead atoms. The quantitative estimate of drug-likeness (QED) is 0.327. The van der Waals surface area contributed by atoms with Crippen LogP contribution in [0.3, 0.4) is 0 Å². The molecule has 1 aliphatic rings. The lowest BCUT2D eigenvalue weighted by atomic mass is 9.90. The molecule has 0 unspecified atom stereocenters. The summed E-state index contributed by atoms with van der Waals surface area (Å²) < 4.78 is 15.8. The van der Waals surface area contributed by atoms with Crippen LogP contribution in [0.1, 0.15) is 35.2 Å². The highest BCUT2D eigenvalue weighted by Gasteiger charge is 2.24. The van der Waals surface area contributed by atoms with E-state index in [9.17, 15) is 4.39 Å². The van der Waals surface area contributed by atoms with Crippen molar-refractivity contribution in [3.05, 3.63) is 95.1 Å². The fourth-order valence-corrected chi connectivity index (χ4v) is 5.07. The number of halogens is 2. The number of fused-ring (bicyclic) bond motifs is 1. The summed E-state index contributed by atoms with van der Waals surface area (Å²) in [5, 5.41) is 1.26. The van der Waals surface area contributed by atoms with Gasteiger partial charge in [-0.1, -0.05) is 42.5 Å². The molecule has 0 spiro atoms. The summed E-state index contributed by atoms with van der Waals surface area (Å²) in [5.74, 6) is 1.61. The monoisotopic (exact) mass is 463 g/mol. The number of anilines is 1. The first-order chi connectivity index (χ1) is 15.6. The van der Waals surface area contributed by atoms with Crippen molar-refractivity contribution >= 4 is 29.1 Å². The van der Waals surface area contributed by atoms with Gasteiger partial charge in [0.1, 0.15) is 5.82 Å². The molecule has 5 rings (SSSR count). The van der Waals surface area contributed by atoms with Crippen molar-refractivity contribution in [2.45, 2.75) is 39.7 Å². The van der Waals surface area contributed by atoms with E-state index < -0.39 is 0 Å². The van der Waals surface area contributed by atoms with E-state index in [0.29, 0.717) is 0 Å². The molecule has 1 aliphatic heterocycles. The molecule has 0 amide bonds. The van der Waals surface area contributed by atoms with Crippen LogP contribution in [0, 0.1) is 25.6 Å². The van der Waals surface area contributed by atoms with Crippen LogP contribution in [0.25, 0.3) is 10.9 Å². The average molecular weight is 464 g/mol. The zero-order valence-corrected chi connectivity index (χ0v) is 20.1. The van der Waals surface area contributed by atoms with Crippen LogP contribution in [0.15, 0.2) is 66.9 Å². The minimum atomic E-state index is -0.195. The van der Waals surface area contributed by atoms with Gasteiger partial charge in [-0.05, 0) is 73.9 Å². The minimum Gasteiger partial charge on any atom is -0.355 e. The predicted octanol–water partition coefficient (Wildman–Crippen LogP) is 6.72. The van der Waals surface area contributed by atoms with Crippen LogP contribution in [0.2, 0.25) is 0 Å². The van der Waals surface area contributed by atoms with Gasteiger partial charge in [0.2, 0.25) is 0 Å². The van der Waals surface area contributed by atoms with Crippen LogP contribution in [0.4, 0.5) is 10.2 Å². The summed E-state index contributed by atoms with van der Waals surface area (Å²) >= 11 is 0. The molecule has 0 atom stereocenters. The van der Waals surface area contributed by atoms with Gasteiger partial charge in [0.25, 0.3) is 0 Å². The second kappa shape index (κ2) is 9.96. The summed E-state index contributed by atoms with van der Waals surface area (Å²) in [5.41, 5.74) is 6.28. The molecule has 2 aromatic carbocycles. The van der Waals surface area contributed by atoms with E-state index in [0.717, 1.165) is 43.4 Å². The fraction of sp³-hybridized carbons (Fsp3) is 0.321. The Morgan fingerprint density at radius 3 is 2.30 bits per heavy atom. The first kappa shape index (κ1) is 23.3. The van der Waals surface area contributed by atoms with Crippen molar-refractivity contribution in [3.8, 4) is 0 Å². The minimum absolute atomic E-state index is 0. The Morgan fingerprint density at radius 2 is 1.61 bits per heavy atom. The Morgan fingerprint density at radius 1 is 0.909 bits per heavy atom. The van der Waals surface area contributed by atoms with E-state index in [1.54, 1.807) is 12.1 Å². The molecule has 4 aromatic rings. The van der Waals surface area contributed by atoms with Crippen molar-refractivity contribution in [2.24, 2.45) is 5.92 Å². The summed E-state index contributed by atoms with van der Waals surface area (Å²) in [4.78, 5) is 7.32. The molecule has 0 saturated carbocycles. The number of nitrogens with zero attached hydrogens (tertiary/aromatic N) is 3. The van der Waals surface area contributed by atoms with E-state index in [2.05, 4.69) is 59.7 Å². The molecule has 1 fully saturated rings. The smallest absolute Gasteiger partial charge is 0.153 e. The van der Waals surface area contributed by atoms with Gasteiger partial charge in [-0.2, -0.15) is 0 Å². The van der Waals surface area contributed by atoms with Crippen molar-refractivity contribution < 1.29 is 4.39 Å². The van der Waals surface area contributed by atoms with Gasteiger partial charge < -0.3 is 9.47 Å². The molecule has 0 aliphatic carbocycles. The summed E-state index contributed by atoms with van der Waals surface area (Å²) in [6.45, 7) is 7.15. The largest absolute Gasteiger partial charge is 0.355 e. The van der Waals surface area contributed by atoms with E-state index in [1.165, 1.54) is 40.6 Å². The molecule has 3 nitrogen and oxygen atoms in total. The molecule has 33 heavy (non-hydrogen) atoms. The highest BCUT2D eigenvalue weighted by atomic mass is 35.5. The predicted molar refractivity (Wildman–Crippen MR) is 137 cm³/mol. The number of hydrogen-bond acceptors (Lipinski definition) is 2. The maximum atomic E-state index is 13.4. The average Bonchev–Trinajstić information content (AvgIpc) is 3.07.